The van der Waals surface area contributed by atoms with Gasteiger partial charge in [-0.2, -0.15) is 0 Å². The molecule has 0 spiro atoms. The van der Waals surface area contributed by atoms with Crippen molar-refractivity contribution in [3.63, 3.8) is 0 Å². The third-order valence-corrected chi connectivity index (χ3v) is 4.60. The molecule has 7 heteroatoms. The summed E-state index contributed by atoms with van der Waals surface area (Å²) >= 11 is 1.39. The Kier molecular flexibility index (Phi) is 5.30. The van der Waals surface area contributed by atoms with Crippen LogP contribution in [0.1, 0.15) is 29.9 Å². The first kappa shape index (κ1) is 15.9. The summed E-state index contributed by atoms with van der Waals surface area (Å²) in [7, 11) is 1.58. The van der Waals surface area contributed by atoms with Gasteiger partial charge in [-0.25, -0.2) is 0 Å². The average Bonchev–Trinajstić information content (AvgIpc) is 2.81. The van der Waals surface area contributed by atoms with Gasteiger partial charge >= 0.3 is 0 Å². The van der Waals surface area contributed by atoms with Crippen molar-refractivity contribution in [3.05, 3.63) is 4.88 Å². The van der Waals surface area contributed by atoms with Crippen LogP contribution in [0.25, 0.3) is 0 Å². The molecule has 1 aliphatic heterocycles. The summed E-state index contributed by atoms with van der Waals surface area (Å²) in [5.74, 6) is 0.459. The van der Waals surface area contributed by atoms with Crippen molar-refractivity contribution in [2.45, 2.75) is 26.4 Å². The number of nitrogens with zero attached hydrogens (tertiary/aromatic N) is 1. The van der Waals surface area contributed by atoms with E-state index >= 15 is 0 Å². The summed E-state index contributed by atoms with van der Waals surface area (Å²) in [4.78, 5) is 14.9. The molecule has 1 aliphatic rings. The number of nitrogens with two attached hydrogens (primary N) is 1. The predicted octanol–water partition coefficient (Wildman–Crippen LogP) is 1.70. The standard InChI is InChI=1S/C14H23N3O3S/c1-4-5-16-13(18)12-10(15)11(19-3)14(21-12)17-6-7-20-9(2)8-17/h9H,4-8,15H2,1-3H3,(H,16,18). The first-order valence-corrected chi connectivity index (χ1v) is 8.01. The lowest BCUT2D eigenvalue weighted by Crippen LogP contribution is -2.40. The third kappa shape index (κ3) is 3.41. The van der Waals surface area contributed by atoms with Crippen molar-refractivity contribution in [1.82, 2.24) is 5.32 Å². The van der Waals surface area contributed by atoms with Crippen molar-refractivity contribution < 1.29 is 14.3 Å². The number of carbonyl (C=O) groups is 1. The fourth-order valence-corrected chi connectivity index (χ4v) is 3.45. The van der Waals surface area contributed by atoms with Gasteiger partial charge in [0.1, 0.15) is 15.6 Å². The predicted molar refractivity (Wildman–Crippen MR) is 85.5 cm³/mol. The molecular weight excluding hydrogens is 290 g/mol. The Balaban J connectivity index is 2.27. The largest absolute Gasteiger partial charge is 0.492 e. The number of rotatable bonds is 5. The Bertz CT molecular complexity index is 504. The van der Waals surface area contributed by atoms with Gasteiger partial charge in [0.15, 0.2) is 5.75 Å². The van der Waals surface area contributed by atoms with E-state index in [2.05, 4.69) is 10.2 Å². The molecule has 2 heterocycles. The Hall–Kier alpha value is -1.47. The normalized spacial score (nSPS) is 18.6. The minimum atomic E-state index is -0.134. The second-order valence-corrected chi connectivity index (χ2v) is 6.07. The maximum atomic E-state index is 12.2. The number of thiophene rings is 1. The minimum Gasteiger partial charge on any atom is -0.492 e. The van der Waals surface area contributed by atoms with Crippen molar-refractivity contribution in [2.75, 3.05) is 44.0 Å². The zero-order valence-corrected chi connectivity index (χ0v) is 13.6. The van der Waals surface area contributed by atoms with Crippen molar-refractivity contribution >= 4 is 27.9 Å². The zero-order valence-electron chi connectivity index (χ0n) is 12.8. The van der Waals surface area contributed by atoms with Crippen LogP contribution in [0.4, 0.5) is 10.7 Å². The number of anilines is 2. The highest BCUT2D eigenvalue weighted by molar-refractivity contribution is 7.19. The number of hydrogen-bond donors (Lipinski definition) is 2. The zero-order chi connectivity index (χ0) is 15.4. The van der Waals surface area contributed by atoms with Crippen LogP contribution in [0.3, 0.4) is 0 Å². The van der Waals surface area contributed by atoms with Gasteiger partial charge in [0.05, 0.1) is 19.8 Å². The van der Waals surface area contributed by atoms with Crippen LogP contribution in [0.2, 0.25) is 0 Å². The van der Waals surface area contributed by atoms with Crippen LogP contribution in [0.15, 0.2) is 0 Å². The number of morpholine rings is 1. The fraction of sp³-hybridized carbons (Fsp3) is 0.643. The smallest absolute Gasteiger partial charge is 0.263 e. The number of hydrogen-bond acceptors (Lipinski definition) is 6. The molecule has 0 saturated carbocycles. The highest BCUT2D eigenvalue weighted by atomic mass is 32.1. The van der Waals surface area contributed by atoms with Gasteiger partial charge in [-0.1, -0.05) is 6.92 Å². The molecule has 118 valence electrons. The van der Waals surface area contributed by atoms with E-state index in [1.807, 2.05) is 13.8 Å². The molecule has 0 aromatic carbocycles. The number of nitrogen functional groups attached to an aromatic ring is 1. The summed E-state index contributed by atoms with van der Waals surface area (Å²) in [6.07, 6.45) is 1.05. The number of nitrogens with one attached hydrogen (secondary N) is 1. The quantitative estimate of drug-likeness (QED) is 0.865. The highest BCUT2D eigenvalue weighted by Gasteiger charge is 2.27. The van der Waals surface area contributed by atoms with Gasteiger partial charge < -0.3 is 25.4 Å². The summed E-state index contributed by atoms with van der Waals surface area (Å²) in [6, 6.07) is 0. The highest BCUT2D eigenvalue weighted by Crippen LogP contribution is 2.45. The summed E-state index contributed by atoms with van der Waals surface area (Å²) in [5.41, 5.74) is 6.52. The molecule has 1 atom stereocenters. The van der Waals surface area contributed by atoms with E-state index in [9.17, 15) is 4.79 Å². The molecule has 0 aliphatic carbocycles. The molecule has 1 aromatic heterocycles. The van der Waals surface area contributed by atoms with Crippen LogP contribution < -0.4 is 20.7 Å². The molecule has 6 nitrogen and oxygen atoms in total. The number of amides is 1. The lowest BCUT2D eigenvalue weighted by molar-refractivity contribution is 0.0533. The summed E-state index contributed by atoms with van der Waals surface area (Å²) in [5, 5.41) is 3.77. The Labute approximate surface area is 129 Å². The van der Waals surface area contributed by atoms with Crippen LogP contribution in [0, 0.1) is 0 Å². The van der Waals surface area contributed by atoms with Gasteiger partial charge in [-0.05, 0) is 13.3 Å². The van der Waals surface area contributed by atoms with Crippen molar-refractivity contribution in [2.24, 2.45) is 0 Å². The lowest BCUT2D eigenvalue weighted by atomic mass is 10.3. The molecule has 0 radical (unpaired) electrons. The number of ether oxygens (including phenoxy) is 2. The summed E-state index contributed by atoms with van der Waals surface area (Å²) in [6.45, 7) is 6.90. The summed E-state index contributed by atoms with van der Waals surface area (Å²) < 4.78 is 11.0. The average molecular weight is 313 g/mol. The van der Waals surface area contributed by atoms with Gasteiger partial charge in [-0.15, -0.1) is 11.3 Å². The van der Waals surface area contributed by atoms with Crippen molar-refractivity contribution in [1.29, 1.82) is 0 Å². The second kappa shape index (κ2) is 7.00. The topological polar surface area (TPSA) is 76.8 Å². The number of carbonyl (C=O) groups excluding carboxylic acids is 1. The van der Waals surface area contributed by atoms with Gasteiger partial charge in [-0.3, -0.25) is 4.79 Å². The molecular formula is C14H23N3O3S. The van der Waals surface area contributed by atoms with E-state index in [1.165, 1.54) is 11.3 Å². The Morgan fingerprint density at radius 3 is 3.00 bits per heavy atom. The minimum absolute atomic E-state index is 0.134. The molecule has 1 amide bonds. The first-order chi connectivity index (χ1) is 10.1. The van der Waals surface area contributed by atoms with Gasteiger partial charge in [0.25, 0.3) is 5.91 Å². The maximum Gasteiger partial charge on any atom is 0.263 e. The Morgan fingerprint density at radius 2 is 2.38 bits per heavy atom. The SMILES string of the molecule is CCCNC(=O)c1sc(N2CCOC(C)C2)c(OC)c1N. The van der Waals surface area contributed by atoms with E-state index in [0.717, 1.165) is 24.5 Å². The maximum absolute atomic E-state index is 12.2. The number of methoxy groups -OCH3 is 1. The monoisotopic (exact) mass is 313 g/mol. The van der Waals surface area contributed by atoms with Crippen LogP contribution in [0.5, 0.6) is 5.75 Å². The van der Waals surface area contributed by atoms with E-state index in [0.29, 0.717) is 29.5 Å². The second-order valence-electron chi connectivity index (χ2n) is 5.07. The van der Waals surface area contributed by atoms with E-state index in [4.69, 9.17) is 15.2 Å². The molecule has 1 unspecified atom stereocenters. The van der Waals surface area contributed by atoms with Crippen molar-refractivity contribution in [3.8, 4) is 5.75 Å². The van der Waals surface area contributed by atoms with Gasteiger partial charge in [0, 0.05) is 19.6 Å². The lowest BCUT2D eigenvalue weighted by Gasteiger charge is -2.32. The van der Waals surface area contributed by atoms with Crippen LogP contribution >= 0.6 is 11.3 Å². The molecule has 1 saturated heterocycles. The van der Waals surface area contributed by atoms with E-state index in [1.54, 1.807) is 7.11 Å². The van der Waals surface area contributed by atoms with Crippen LogP contribution in [-0.2, 0) is 4.74 Å². The molecule has 2 rings (SSSR count). The molecule has 0 bridgehead atoms. The van der Waals surface area contributed by atoms with E-state index < -0.39 is 0 Å². The molecule has 21 heavy (non-hydrogen) atoms. The Morgan fingerprint density at radius 1 is 1.62 bits per heavy atom. The fourth-order valence-electron chi connectivity index (χ4n) is 2.31. The first-order valence-electron chi connectivity index (χ1n) is 7.19. The van der Waals surface area contributed by atoms with Gasteiger partial charge in [0.2, 0.25) is 0 Å². The van der Waals surface area contributed by atoms with Crippen LogP contribution in [-0.4, -0.2) is 45.4 Å². The van der Waals surface area contributed by atoms with E-state index in [-0.39, 0.29) is 12.0 Å². The molecule has 1 aromatic rings. The third-order valence-electron chi connectivity index (χ3n) is 3.36. The molecule has 3 N–H and O–H groups in total. The molecule has 1 fully saturated rings.